The molecule has 0 radical (unpaired) electrons. The lowest BCUT2D eigenvalue weighted by Gasteiger charge is -2.16. The van der Waals surface area contributed by atoms with E-state index < -0.39 is 11.8 Å². The summed E-state index contributed by atoms with van der Waals surface area (Å²) in [5, 5.41) is 5.79. The second-order valence-electron chi connectivity index (χ2n) is 8.41. The van der Waals surface area contributed by atoms with E-state index >= 15 is 0 Å². The number of nitrogens with one attached hydrogen (secondary N) is 2. The second-order valence-corrected chi connectivity index (χ2v) is 8.41. The summed E-state index contributed by atoms with van der Waals surface area (Å²) in [6, 6.07) is 11.6. The number of nitrogens with zero attached hydrogens (tertiary/aromatic N) is 2. The van der Waals surface area contributed by atoms with Gasteiger partial charge in [-0.25, -0.2) is 4.98 Å². The van der Waals surface area contributed by atoms with Gasteiger partial charge >= 0.3 is 0 Å². The molecule has 1 aliphatic rings. The highest BCUT2D eigenvalue weighted by Crippen LogP contribution is 2.16. The van der Waals surface area contributed by atoms with Crippen LogP contribution in [0.1, 0.15) is 57.8 Å². The van der Waals surface area contributed by atoms with Crippen LogP contribution in [0.25, 0.3) is 10.9 Å². The molecule has 2 aromatic carbocycles. The summed E-state index contributed by atoms with van der Waals surface area (Å²) >= 11 is 0. The molecule has 0 fully saturated rings. The van der Waals surface area contributed by atoms with Gasteiger partial charge in [-0.15, -0.1) is 0 Å². The highest BCUT2D eigenvalue weighted by Gasteiger charge is 2.15. The van der Waals surface area contributed by atoms with Crippen LogP contribution in [0.4, 0.5) is 0 Å². The number of aromatic nitrogens is 2. The van der Waals surface area contributed by atoms with E-state index in [-0.39, 0.29) is 24.6 Å². The van der Waals surface area contributed by atoms with Crippen molar-refractivity contribution in [3.05, 3.63) is 75.3 Å². The SMILES string of the molecule is NC(=O)CNC(=O)c1ccc(CNC(=O)c2ccc3c(=O)n4c(nc3c2)CCCCCC4)cc1. The maximum Gasteiger partial charge on any atom is 0.261 e. The number of amides is 3. The fourth-order valence-electron chi connectivity index (χ4n) is 4.06. The molecule has 9 heteroatoms. The Balaban J connectivity index is 1.44. The molecule has 34 heavy (non-hydrogen) atoms. The quantitative estimate of drug-likeness (QED) is 0.513. The minimum absolute atomic E-state index is 0.0474. The van der Waals surface area contributed by atoms with Crippen molar-refractivity contribution in [2.45, 2.75) is 45.2 Å². The minimum atomic E-state index is -0.618. The van der Waals surface area contributed by atoms with E-state index in [2.05, 4.69) is 10.6 Å². The largest absolute Gasteiger partial charge is 0.368 e. The molecular formula is C25H27N5O4. The van der Waals surface area contributed by atoms with E-state index in [0.29, 0.717) is 28.6 Å². The maximum atomic E-state index is 13.0. The molecule has 1 aromatic heterocycles. The van der Waals surface area contributed by atoms with Crippen molar-refractivity contribution in [3.63, 3.8) is 0 Å². The smallest absolute Gasteiger partial charge is 0.261 e. The first kappa shape index (κ1) is 23.2. The maximum absolute atomic E-state index is 13.0. The molecular weight excluding hydrogens is 434 g/mol. The van der Waals surface area contributed by atoms with Crippen molar-refractivity contribution in [3.8, 4) is 0 Å². The van der Waals surface area contributed by atoms with E-state index in [4.69, 9.17) is 10.7 Å². The predicted octanol–water partition coefficient (Wildman–Crippen LogP) is 1.66. The van der Waals surface area contributed by atoms with Crippen LogP contribution in [-0.4, -0.2) is 33.8 Å². The number of aryl methyl sites for hydroxylation is 1. The van der Waals surface area contributed by atoms with Crippen LogP contribution in [0.15, 0.2) is 47.3 Å². The van der Waals surface area contributed by atoms with Gasteiger partial charge in [0.05, 0.1) is 17.4 Å². The Morgan fingerprint density at radius 2 is 1.62 bits per heavy atom. The molecule has 0 spiro atoms. The lowest BCUT2D eigenvalue weighted by molar-refractivity contribution is -0.117. The Kier molecular flexibility index (Phi) is 7.01. The molecule has 0 atom stereocenters. The highest BCUT2D eigenvalue weighted by atomic mass is 16.2. The summed E-state index contributed by atoms with van der Waals surface area (Å²) in [7, 11) is 0. The number of nitrogens with two attached hydrogens (primary N) is 1. The average Bonchev–Trinajstić information content (AvgIpc) is 2.82. The van der Waals surface area contributed by atoms with Gasteiger partial charge in [-0.2, -0.15) is 0 Å². The van der Waals surface area contributed by atoms with Crippen molar-refractivity contribution >= 4 is 28.6 Å². The van der Waals surface area contributed by atoms with E-state index in [1.54, 1.807) is 47.0 Å². The lowest BCUT2D eigenvalue weighted by Crippen LogP contribution is -2.33. The first-order chi connectivity index (χ1) is 16.4. The Morgan fingerprint density at radius 3 is 2.38 bits per heavy atom. The first-order valence-corrected chi connectivity index (χ1v) is 11.4. The number of hydrogen-bond donors (Lipinski definition) is 3. The molecule has 3 aromatic rings. The van der Waals surface area contributed by atoms with Gasteiger partial charge in [0.2, 0.25) is 5.91 Å². The number of rotatable bonds is 6. The van der Waals surface area contributed by atoms with Crippen LogP contribution in [0.3, 0.4) is 0 Å². The number of hydrogen-bond acceptors (Lipinski definition) is 5. The zero-order chi connectivity index (χ0) is 24.1. The molecule has 3 amide bonds. The number of primary amides is 1. The molecule has 0 aliphatic carbocycles. The van der Waals surface area contributed by atoms with Gasteiger partial charge in [-0.05, 0) is 48.7 Å². The summed E-state index contributed by atoms with van der Waals surface area (Å²) < 4.78 is 1.78. The third-order valence-electron chi connectivity index (χ3n) is 5.92. The molecule has 176 valence electrons. The first-order valence-electron chi connectivity index (χ1n) is 11.4. The topological polar surface area (TPSA) is 136 Å². The number of benzene rings is 2. The van der Waals surface area contributed by atoms with Crippen molar-refractivity contribution in [1.82, 2.24) is 20.2 Å². The normalized spacial score (nSPS) is 13.4. The van der Waals surface area contributed by atoms with E-state index in [1.807, 2.05) is 0 Å². The second kappa shape index (κ2) is 10.3. The van der Waals surface area contributed by atoms with Crippen molar-refractivity contribution in [2.24, 2.45) is 5.73 Å². The number of carbonyl (C=O) groups excluding carboxylic acids is 3. The fourth-order valence-corrected chi connectivity index (χ4v) is 4.06. The lowest BCUT2D eigenvalue weighted by atomic mass is 10.1. The fraction of sp³-hybridized carbons (Fsp3) is 0.320. The minimum Gasteiger partial charge on any atom is -0.368 e. The summed E-state index contributed by atoms with van der Waals surface area (Å²) in [6.45, 7) is 0.720. The standard InChI is InChI=1S/C25H27N5O4/c26-21(31)15-28-23(32)17-8-6-16(7-9-17)14-27-24(33)18-10-11-19-20(13-18)29-22-5-3-1-2-4-12-30(22)25(19)34/h6-11,13H,1-5,12,14-15H2,(H2,26,31)(H,27,33)(H,28,32). The zero-order valence-corrected chi connectivity index (χ0v) is 18.8. The molecule has 0 unspecified atom stereocenters. The summed E-state index contributed by atoms with van der Waals surface area (Å²) in [5.41, 5.74) is 7.13. The molecule has 1 aliphatic heterocycles. The molecule has 0 saturated carbocycles. The van der Waals surface area contributed by atoms with E-state index in [1.165, 1.54) is 0 Å². The van der Waals surface area contributed by atoms with Crippen LogP contribution in [0.2, 0.25) is 0 Å². The predicted molar refractivity (Wildman–Crippen MR) is 127 cm³/mol. The van der Waals surface area contributed by atoms with E-state index in [9.17, 15) is 19.2 Å². The van der Waals surface area contributed by atoms with Crippen LogP contribution in [-0.2, 0) is 24.3 Å². The average molecular weight is 462 g/mol. The monoisotopic (exact) mass is 461 g/mol. The van der Waals surface area contributed by atoms with Gasteiger partial charge in [0.15, 0.2) is 0 Å². The zero-order valence-electron chi connectivity index (χ0n) is 18.8. The van der Waals surface area contributed by atoms with Gasteiger partial charge < -0.3 is 16.4 Å². The number of carbonyl (C=O) groups is 3. The van der Waals surface area contributed by atoms with Crippen molar-refractivity contribution in [2.75, 3.05) is 6.54 Å². The summed E-state index contributed by atoms with van der Waals surface area (Å²) in [6.07, 6.45) is 4.99. The summed E-state index contributed by atoms with van der Waals surface area (Å²) in [4.78, 5) is 53.1. The van der Waals surface area contributed by atoms with Gasteiger partial charge in [0.1, 0.15) is 5.82 Å². The Labute approximate surface area is 196 Å². The Morgan fingerprint density at radius 1 is 0.912 bits per heavy atom. The molecule has 0 saturated heterocycles. The van der Waals surface area contributed by atoms with E-state index in [0.717, 1.165) is 43.5 Å². The van der Waals surface area contributed by atoms with Gasteiger partial charge in [0.25, 0.3) is 17.4 Å². The third-order valence-corrected chi connectivity index (χ3v) is 5.92. The number of fused-ring (bicyclic) bond motifs is 2. The van der Waals surface area contributed by atoms with Crippen LogP contribution in [0, 0.1) is 0 Å². The molecule has 9 nitrogen and oxygen atoms in total. The summed E-state index contributed by atoms with van der Waals surface area (Å²) in [5.74, 6) is -0.511. The third kappa shape index (κ3) is 5.31. The van der Waals surface area contributed by atoms with Crippen LogP contribution in [0.5, 0.6) is 0 Å². The highest BCUT2D eigenvalue weighted by molar-refractivity contribution is 5.98. The van der Waals surface area contributed by atoms with Crippen molar-refractivity contribution in [1.29, 1.82) is 0 Å². The van der Waals surface area contributed by atoms with Gasteiger partial charge in [-0.1, -0.05) is 25.0 Å². The molecule has 2 heterocycles. The van der Waals surface area contributed by atoms with Gasteiger partial charge in [-0.3, -0.25) is 23.7 Å². The molecule has 4 rings (SSSR count). The van der Waals surface area contributed by atoms with Crippen LogP contribution < -0.4 is 21.9 Å². The molecule has 0 bridgehead atoms. The van der Waals surface area contributed by atoms with Gasteiger partial charge in [0, 0.05) is 30.6 Å². The Bertz CT molecular complexity index is 1300. The van der Waals surface area contributed by atoms with Crippen LogP contribution >= 0.6 is 0 Å². The van der Waals surface area contributed by atoms with Crippen molar-refractivity contribution < 1.29 is 14.4 Å². The molecule has 4 N–H and O–H groups in total. The Hall–Kier alpha value is -4.01.